The zero-order valence-electron chi connectivity index (χ0n) is 6.91. The molecule has 2 unspecified atom stereocenters. The third kappa shape index (κ3) is 1.53. The Morgan fingerprint density at radius 3 is 2.92 bits per heavy atom. The van der Waals surface area contributed by atoms with E-state index in [0.29, 0.717) is 13.2 Å². The summed E-state index contributed by atoms with van der Waals surface area (Å²) in [6.07, 6.45) is 2.22. The number of ether oxygens (including phenoxy) is 1. The molecule has 0 saturated carbocycles. The molecule has 0 aromatic carbocycles. The zero-order valence-corrected chi connectivity index (χ0v) is 6.91. The second-order valence-electron chi connectivity index (χ2n) is 3.02. The summed E-state index contributed by atoms with van der Waals surface area (Å²) in [5.41, 5.74) is -0.946. The number of aliphatic imine (C=N–C) groups is 1. The summed E-state index contributed by atoms with van der Waals surface area (Å²) >= 11 is 0. The van der Waals surface area contributed by atoms with Crippen molar-refractivity contribution in [2.24, 2.45) is 10.9 Å². The van der Waals surface area contributed by atoms with E-state index in [9.17, 15) is 4.79 Å². The summed E-state index contributed by atoms with van der Waals surface area (Å²) in [6.45, 7) is 2.79. The van der Waals surface area contributed by atoms with E-state index in [2.05, 4.69) is 4.99 Å². The first-order chi connectivity index (χ1) is 5.73. The van der Waals surface area contributed by atoms with Crippen LogP contribution in [0.5, 0.6) is 0 Å². The third-order valence-corrected chi connectivity index (χ3v) is 2.23. The van der Waals surface area contributed by atoms with Crippen LogP contribution in [-0.4, -0.2) is 24.8 Å². The van der Waals surface area contributed by atoms with Gasteiger partial charge in [-0.1, -0.05) is 0 Å². The molecule has 1 saturated heterocycles. The highest BCUT2D eigenvalue weighted by Gasteiger charge is 2.36. The van der Waals surface area contributed by atoms with Crippen molar-refractivity contribution in [1.82, 2.24) is 0 Å². The molecular formula is C8H10N2O2. The van der Waals surface area contributed by atoms with Gasteiger partial charge in [-0.2, -0.15) is 10.3 Å². The van der Waals surface area contributed by atoms with Crippen LogP contribution in [0.2, 0.25) is 0 Å². The Morgan fingerprint density at radius 2 is 2.50 bits per heavy atom. The standard InChI is InChI=1S/C8H10N2O2/c1-8(5-9,10-6-11)7-2-3-12-4-7/h7H,2-4H2,1H3. The van der Waals surface area contributed by atoms with Crippen molar-refractivity contribution >= 4 is 6.08 Å². The molecule has 1 aliphatic rings. The van der Waals surface area contributed by atoms with Crippen molar-refractivity contribution in [3.05, 3.63) is 0 Å². The normalized spacial score (nSPS) is 26.8. The van der Waals surface area contributed by atoms with Gasteiger partial charge in [-0.25, -0.2) is 4.79 Å². The number of nitriles is 1. The average Bonchev–Trinajstić information content (AvgIpc) is 2.57. The van der Waals surface area contributed by atoms with Crippen molar-refractivity contribution in [3.8, 4) is 6.07 Å². The Labute approximate surface area is 70.9 Å². The lowest BCUT2D eigenvalue weighted by Crippen LogP contribution is -2.31. The zero-order chi connectivity index (χ0) is 9.03. The van der Waals surface area contributed by atoms with Gasteiger partial charge in [0.05, 0.1) is 12.7 Å². The predicted octanol–water partition coefficient (Wildman–Crippen LogP) is 0.641. The van der Waals surface area contributed by atoms with E-state index in [4.69, 9.17) is 10.00 Å². The van der Waals surface area contributed by atoms with Gasteiger partial charge in [-0.05, 0) is 13.3 Å². The molecule has 0 spiro atoms. The van der Waals surface area contributed by atoms with Crippen LogP contribution in [0.3, 0.4) is 0 Å². The Kier molecular flexibility index (Phi) is 2.59. The molecule has 4 heteroatoms. The summed E-state index contributed by atoms with van der Waals surface area (Å²) in [5.74, 6) is 0.0314. The highest BCUT2D eigenvalue weighted by Crippen LogP contribution is 2.28. The van der Waals surface area contributed by atoms with E-state index in [-0.39, 0.29) is 5.92 Å². The van der Waals surface area contributed by atoms with E-state index in [1.54, 1.807) is 6.92 Å². The Hall–Kier alpha value is -1.17. The van der Waals surface area contributed by atoms with Crippen molar-refractivity contribution < 1.29 is 9.53 Å². The molecule has 1 fully saturated rings. The molecule has 0 aromatic heterocycles. The van der Waals surface area contributed by atoms with E-state index < -0.39 is 5.54 Å². The summed E-state index contributed by atoms with van der Waals surface area (Å²) in [4.78, 5) is 13.6. The van der Waals surface area contributed by atoms with Crippen molar-refractivity contribution in [2.75, 3.05) is 13.2 Å². The monoisotopic (exact) mass is 166 g/mol. The lowest BCUT2D eigenvalue weighted by Gasteiger charge is -2.20. The molecule has 2 atom stereocenters. The molecule has 1 heterocycles. The quantitative estimate of drug-likeness (QED) is 0.446. The van der Waals surface area contributed by atoms with Gasteiger partial charge in [0.25, 0.3) is 0 Å². The van der Waals surface area contributed by atoms with Crippen LogP contribution in [0, 0.1) is 17.2 Å². The molecule has 0 amide bonds. The summed E-state index contributed by atoms with van der Waals surface area (Å²) < 4.78 is 5.11. The molecule has 1 rings (SSSR count). The largest absolute Gasteiger partial charge is 0.381 e. The van der Waals surface area contributed by atoms with Gasteiger partial charge in [0.2, 0.25) is 6.08 Å². The van der Waals surface area contributed by atoms with Crippen LogP contribution >= 0.6 is 0 Å². The third-order valence-electron chi connectivity index (χ3n) is 2.23. The molecule has 64 valence electrons. The Morgan fingerprint density at radius 1 is 1.75 bits per heavy atom. The minimum absolute atomic E-state index is 0.0314. The predicted molar refractivity (Wildman–Crippen MR) is 41.1 cm³/mol. The Balaban J connectivity index is 2.79. The molecule has 1 aliphatic heterocycles. The lowest BCUT2D eigenvalue weighted by atomic mass is 9.87. The van der Waals surface area contributed by atoms with E-state index in [1.807, 2.05) is 6.07 Å². The van der Waals surface area contributed by atoms with Crippen LogP contribution in [0.15, 0.2) is 4.99 Å². The van der Waals surface area contributed by atoms with Gasteiger partial charge in [-0.15, -0.1) is 0 Å². The molecule has 0 radical (unpaired) electrons. The van der Waals surface area contributed by atoms with Crippen LogP contribution in [-0.2, 0) is 9.53 Å². The van der Waals surface area contributed by atoms with Crippen molar-refractivity contribution in [3.63, 3.8) is 0 Å². The summed E-state index contributed by atoms with van der Waals surface area (Å²) in [5, 5.41) is 8.80. The second kappa shape index (κ2) is 3.48. The molecule has 12 heavy (non-hydrogen) atoms. The average molecular weight is 166 g/mol. The maximum atomic E-state index is 10.1. The van der Waals surface area contributed by atoms with Crippen LogP contribution < -0.4 is 0 Å². The van der Waals surface area contributed by atoms with Gasteiger partial charge in [0.1, 0.15) is 0 Å². The molecule has 0 bridgehead atoms. The van der Waals surface area contributed by atoms with E-state index in [0.717, 1.165) is 6.42 Å². The van der Waals surface area contributed by atoms with Gasteiger partial charge in [0, 0.05) is 12.5 Å². The first kappa shape index (κ1) is 8.92. The fourth-order valence-corrected chi connectivity index (χ4v) is 1.28. The smallest absolute Gasteiger partial charge is 0.236 e. The van der Waals surface area contributed by atoms with Crippen molar-refractivity contribution in [2.45, 2.75) is 18.9 Å². The molecule has 0 N–H and O–H groups in total. The molecule has 0 aliphatic carbocycles. The Bertz CT molecular complexity index is 246. The first-order valence-corrected chi connectivity index (χ1v) is 3.81. The number of rotatable bonds is 2. The van der Waals surface area contributed by atoms with Gasteiger partial charge in [-0.3, -0.25) is 0 Å². The fraction of sp³-hybridized carbons (Fsp3) is 0.750. The SMILES string of the molecule is CC(C#N)(N=C=O)C1CCOC1. The highest BCUT2D eigenvalue weighted by atomic mass is 16.5. The number of nitrogens with zero attached hydrogens (tertiary/aromatic N) is 2. The van der Waals surface area contributed by atoms with Crippen LogP contribution in [0.1, 0.15) is 13.3 Å². The first-order valence-electron chi connectivity index (χ1n) is 3.81. The van der Waals surface area contributed by atoms with E-state index in [1.165, 1.54) is 6.08 Å². The summed E-state index contributed by atoms with van der Waals surface area (Å²) in [6, 6.07) is 2.01. The maximum absolute atomic E-state index is 10.1. The topological polar surface area (TPSA) is 62.5 Å². The number of hydrogen-bond donors (Lipinski definition) is 0. The highest BCUT2D eigenvalue weighted by molar-refractivity contribution is 5.37. The van der Waals surface area contributed by atoms with Crippen LogP contribution in [0.25, 0.3) is 0 Å². The number of isocyanates is 1. The molecular weight excluding hydrogens is 156 g/mol. The van der Waals surface area contributed by atoms with Crippen molar-refractivity contribution in [1.29, 1.82) is 5.26 Å². The second-order valence-corrected chi connectivity index (χ2v) is 3.02. The van der Waals surface area contributed by atoms with E-state index >= 15 is 0 Å². The summed E-state index contributed by atoms with van der Waals surface area (Å²) in [7, 11) is 0. The maximum Gasteiger partial charge on any atom is 0.236 e. The molecule has 4 nitrogen and oxygen atoms in total. The minimum Gasteiger partial charge on any atom is -0.381 e. The van der Waals surface area contributed by atoms with Crippen LogP contribution in [0.4, 0.5) is 0 Å². The van der Waals surface area contributed by atoms with Gasteiger partial charge < -0.3 is 4.74 Å². The molecule has 0 aromatic rings. The minimum atomic E-state index is -0.946. The van der Waals surface area contributed by atoms with Gasteiger partial charge >= 0.3 is 0 Å². The lowest BCUT2D eigenvalue weighted by molar-refractivity contribution is 0.176. The van der Waals surface area contributed by atoms with Gasteiger partial charge in [0.15, 0.2) is 5.54 Å². The number of hydrogen-bond acceptors (Lipinski definition) is 4. The number of carbonyl (C=O) groups excluding carboxylic acids is 1. The fourth-order valence-electron chi connectivity index (χ4n) is 1.28.